The van der Waals surface area contributed by atoms with Crippen molar-refractivity contribution in [1.29, 1.82) is 0 Å². The van der Waals surface area contributed by atoms with Crippen LogP contribution in [-0.4, -0.2) is 76.1 Å². The number of likely N-dealkylation sites (N-methyl/N-ethyl adjacent to an activating group) is 1. The number of nitrogens with zero attached hydrogens (tertiary/aromatic N) is 1. The van der Waals surface area contributed by atoms with Crippen molar-refractivity contribution in [1.82, 2.24) is 10.2 Å². The van der Waals surface area contributed by atoms with E-state index in [1.54, 1.807) is 14.2 Å². The van der Waals surface area contributed by atoms with E-state index in [0.717, 1.165) is 26.2 Å². The first-order chi connectivity index (χ1) is 9.50. The fraction of sp³-hybridized carbons (Fsp3) is 0.929. The minimum Gasteiger partial charge on any atom is -0.468 e. The smallest absolute Gasteiger partial charge is 0.325 e. The van der Waals surface area contributed by atoms with E-state index < -0.39 is 5.54 Å². The van der Waals surface area contributed by atoms with Crippen LogP contribution in [0.1, 0.15) is 20.3 Å². The highest BCUT2D eigenvalue weighted by Gasteiger charge is 2.37. The number of carbonyl (C=O) groups is 1. The van der Waals surface area contributed by atoms with Gasteiger partial charge in [0, 0.05) is 33.9 Å². The molecule has 1 fully saturated rings. The molecule has 0 aliphatic carbocycles. The predicted octanol–water partition coefficient (Wildman–Crippen LogP) is 0.263. The highest BCUT2D eigenvalue weighted by atomic mass is 16.5. The number of likely N-dealkylation sites (tertiary alicyclic amines) is 1. The lowest BCUT2D eigenvalue weighted by Gasteiger charge is -2.29. The Bertz CT molecular complexity index is 302. The van der Waals surface area contributed by atoms with Crippen LogP contribution in [0, 0.1) is 0 Å². The molecule has 3 atom stereocenters. The van der Waals surface area contributed by atoms with E-state index in [1.807, 2.05) is 13.8 Å². The lowest BCUT2D eigenvalue weighted by atomic mass is 9.97. The molecule has 0 aromatic heterocycles. The van der Waals surface area contributed by atoms with E-state index in [1.165, 1.54) is 7.11 Å². The van der Waals surface area contributed by atoms with Gasteiger partial charge in [0.25, 0.3) is 0 Å². The fourth-order valence-electron chi connectivity index (χ4n) is 2.71. The Morgan fingerprint density at radius 1 is 1.25 bits per heavy atom. The lowest BCUT2D eigenvalue weighted by Crippen LogP contribution is -2.51. The van der Waals surface area contributed by atoms with Crippen LogP contribution in [0.15, 0.2) is 0 Å². The van der Waals surface area contributed by atoms with Gasteiger partial charge in [-0.1, -0.05) is 6.92 Å². The van der Waals surface area contributed by atoms with E-state index in [4.69, 9.17) is 14.2 Å². The Hall–Kier alpha value is -0.690. The summed E-state index contributed by atoms with van der Waals surface area (Å²) in [5, 5.41) is 3.22. The normalized spacial score (nSPS) is 26.4. The molecule has 0 radical (unpaired) electrons. The highest BCUT2D eigenvalue weighted by Crippen LogP contribution is 2.19. The van der Waals surface area contributed by atoms with Crippen molar-refractivity contribution in [3.8, 4) is 0 Å². The standard InChI is InChI=1S/C14H28N2O4/c1-6-15-14(2,13(17)20-5)7-8-16-9-11(18-3)12(10-16)19-4/h11-12,15H,6-10H2,1-5H3. The molecule has 0 bridgehead atoms. The Kier molecular flexibility index (Phi) is 6.88. The van der Waals surface area contributed by atoms with Gasteiger partial charge in [-0.2, -0.15) is 0 Å². The van der Waals surface area contributed by atoms with Crippen LogP contribution >= 0.6 is 0 Å². The molecule has 1 rings (SSSR count). The summed E-state index contributed by atoms with van der Waals surface area (Å²) < 4.78 is 15.7. The summed E-state index contributed by atoms with van der Waals surface area (Å²) in [4.78, 5) is 14.2. The first-order valence-corrected chi connectivity index (χ1v) is 7.12. The Morgan fingerprint density at radius 3 is 2.20 bits per heavy atom. The largest absolute Gasteiger partial charge is 0.468 e. The van der Waals surface area contributed by atoms with E-state index >= 15 is 0 Å². The number of esters is 1. The van der Waals surface area contributed by atoms with Crippen LogP contribution < -0.4 is 5.32 Å². The van der Waals surface area contributed by atoms with E-state index in [2.05, 4.69) is 10.2 Å². The summed E-state index contributed by atoms with van der Waals surface area (Å²) in [6.07, 6.45) is 0.896. The van der Waals surface area contributed by atoms with Gasteiger partial charge in [-0.05, 0) is 19.9 Å². The average molecular weight is 288 g/mol. The number of ether oxygens (including phenoxy) is 3. The topological polar surface area (TPSA) is 60.0 Å². The SMILES string of the molecule is CCNC(C)(CCN1CC(OC)C(OC)C1)C(=O)OC. The fourth-order valence-corrected chi connectivity index (χ4v) is 2.71. The molecule has 1 aliphatic rings. The number of methoxy groups -OCH3 is 3. The average Bonchev–Trinajstić information content (AvgIpc) is 2.87. The van der Waals surface area contributed by atoms with Gasteiger partial charge in [-0.3, -0.25) is 9.69 Å². The molecule has 0 aromatic rings. The maximum Gasteiger partial charge on any atom is 0.325 e. The molecule has 1 heterocycles. The molecular formula is C14H28N2O4. The molecule has 6 heteroatoms. The summed E-state index contributed by atoms with van der Waals surface area (Å²) in [6.45, 7) is 7.07. The summed E-state index contributed by atoms with van der Waals surface area (Å²) >= 11 is 0. The van der Waals surface area contributed by atoms with Gasteiger partial charge in [0.2, 0.25) is 0 Å². The lowest BCUT2D eigenvalue weighted by molar-refractivity contribution is -0.148. The molecule has 3 unspecified atom stereocenters. The molecule has 6 nitrogen and oxygen atoms in total. The third kappa shape index (κ3) is 4.15. The molecule has 0 aromatic carbocycles. The molecule has 1 saturated heterocycles. The quantitative estimate of drug-likeness (QED) is 0.647. The first kappa shape index (κ1) is 17.4. The van der Waals surface area contributed by atoms with E-state index in [9.17, 15) is 4.79 Å². The number of hydrogen-bond acceptors (Lipinski definition) is 6. The monoisotopic (exact) mass is 288 g/mol. The molecule has 0 spiro atoms. The van der Waals surface area contributed by atoms with Crippen LogP contribution in [-0.2, 0) is 19.0 Å². The van der Waals surface area contributed by atoms with Gasteiger partial charge in [0.15, 0.2) is 0 Å². The van der Waals surface area contributed by atoms with Crippen molar-refractivity contribution in [2.45, 2.75) is 38.0 Å². The third-order valence-corrected chi connectivity index (χ3v) is 4.03. The summed E-state index contributed by atoms with van der Waals surface area (Å²) in [5.74, 6) is -0.217. The van der Waals surface area contributed by atoms with Gasteiger partial charge < -0.3 is 19.5 Å². The molecule has 0 amide bonds. The van der Waals surface area contributed by atoms with Crippen LogP contribution in [0.25, 0.3) is 0 Å². The Balaban J connectivity index is 2.54. The van der Waals surface area contributed by atoms with Crippen molar-refractivity contribution in [2.24, 2.45) is 0 Å². The van der Waals surface area contributed by atoms with Crippen molar-refractivity contribution in [3.05, 3.63) is 0 Å². The van der Waals surface area contributed by atoms with Crippen molar-refractivity contribution in [3.63, 3.8) is 0 Å². The second-order valence-corrected chi connectivity index (χ2v) is 5.41. The number of carbonyl (C=O) groups excluding carboxylic acids is 1. The molecule has 118 valence electrons. The van der Waals surface area contributed by atoms with Crippen molar-refractivity contribution < 1.29 is 19.0 Å². The van der Waals surface area contributed by atoms with Gasteiger partial charge >= 0.3 is 5.97 Å². The zero-order valence-electron chi connectivity index (χ0n) is 13.3. The molecule has 0 saturated carbocycles. The van der Waals surface area contributed by atoms with E-state index in [0.29, 0.717) is 6.42 Å². The van der Waals surface area contributed by atoms with Gasteiger partial charge in [0.05, 0.1) is 19.3 Å². The van der Waals surface area contributed by atoms with E-state index in [-0.39, 0.29) is 18.2 Å². The number of nitrogens with one attached hydrogen (secondary N) is 1. The molecule has 1 aliphatic heterocycles. The maximum absolute atomic E-state index is 11.9. The van der Waals surface area contributed by atoms with Gasteiger partial charge in [-0.15, -0.1) is 0 Å². The summed E-state index contributed by atoms with van der Waals surface area (Å²) in [7, 11) is 4.84. The van der Waals surface area contributed by atoms with Crippen LogP contribution in [0.3, 0.4) is 0 Å². The molecular weight excluding hydrogens is 260 g/mol. The van der Waals surface area contributed by atoms with Gasteiger partial charge in [-0.25, -0.2) is 0 Å². The minimum absolute atomic E-state index is 0.100. The van der Waals surface area contributed by atoms with Crippen molar-refractivity contribution in [2.75, 3.05) is 47.5 Å². The first-order valence-electron chi connectivity index (χ1n) is 7.12. The molecule has 1 N–H and O–H groups in total. The maximum atomic E-state index is 11.9. The second-order valence-electron chi connectivity index (χ2n) is 5.41. The minimum atomic E-state index is -0.642. The molecule has 20 heavy (non-hydrogen) atoms. The Morgan fingerprint density at radius 2 is 1.80 bits per heavy atom. The van der Waals surface area contributed by atoms with Crippen molar-refractivity contribution >= 4 is 5.97 Å². The zero-order chi connectivity index (χ0) is 15.2. The zero-order valence-corrected chi connectivity index (χ0v) is 13.3. The predicted molar refractivity (Wildman–Crippen MR) is 76.7 cm³/mol. The third-order valence-electron chi connectivity index (χ3n) is 4.03. The number of hydrogen-bond donors (Lipinski definition) is 1. The highest BCUT2D eigenvalue weighted by molar-refractivity contribution is 5.80. The second kappa shape index (κ2) is 7.93. The summed E-state index contributed by atoms with van der Waals surface area (Å²) in [6, 6.07) is 0. The van der Waals surface area contributed by atoms with Crippen LogP contribution in [0.5, 0.6) is 0 Å². The van der Waals surface area contributed by atoms with Crippen LogP contribution in [0.4, 0.5) is 0 Å². The number of rotatable bonds is 8. The van der Waals surface area contributed by atoms with Crippen LogP contribution in [0.2, 0.25) is 0 Å². The summed E-state index contributed by atoms with van der Waals surface area (Å²) in [5.41, 5.74) is -0.642. The van der Waals surface area contributed by atoms with Gasteiger partial charge in [0.1, 0.15) is 5.54 Å². The Labute approximate surface area is 121 Å².